The number of para-hydroxylation sites is 1. The molecule has 4 nitrogen and oxygen atoms in total. The van der Waals surface area contributed by atoms with Gasteiger partial charge in [0.2, 0.25) is 0 Å². The van der Waals surface area contributed by atoms with Gasteiger partial charge in [0, 0.05) is 34.1 Å². The summed E-state index contributed by atoms with van der Waals surface area (Å²) in [5.41, 5.74) is 5.87. The number of nitrogens with one attached hydrogen (secondary N) is 2. The number of halogens is 1. The Morgan fingerprint density at radius 3 is 2.47 bits per heavy atom. The van der Waals surface area contributed by atoms with Crippen molar-refractivity contribution in [2.24, 2.45) is 0 Å². The normalized spacial score (nSPS) is 18.2. The largest absolute Gasteiger partial charge is 0.493 e. The maximum Gasteiger partial charge on any atom is 0.161 e. The van der Waals surface area contributed by atoms with Crippen LogP contribution in [0.15, 0.2) is 66.7 Å². The lowest BCUT2D eigenvalue weighted by molar-refractivity contribution is 0.354. The van der Waals surface area contributed by atoms with Crippen LogP contribution in [0.3, 0.4) is 0 Å². The van der Waals surface area contributed by atoms with Crippen molar-refractivity contribution < 1.29 is 9.47 Å². The van der Waals surface area contributed by atoms with Crippen LogP contribution in [0, 0.1) is 0 Å². The highest BCUT2D eigenvalue weighted by molar-refractivity contribution is 6.31. The van der Waals surface area contributed by atoms with Crippen LogP contribution in [0.2, 0.25) is 5.02 Å². The molecule has 1 aliphatic heterocycles. The highest BCUT2D eigenvalue weighted by atomic mass is 35.5. The number of hydrogen-bond acceptors (Lipinski definition) is 3. The molecular weight excluding hydrogens is 396 g/mol. The molecule has 0 saturated carbocycles. The first-order chi connectivity index (χ1) is 14.7. The lowest BCUT2D eigenvalue weighted by Gasteiger charge is -2.32. The Morgan fingerprint density at radius 2 is 1.67 bits per heavy atom. The van der Waals surface area contributed by atoms with Crippen molar-refractivity contribution in [2.45, 2.75) is 12.0 Å². The summed E-state index contributed by atoms with van der Waals surface area (Å²) in [6.07, 6.45) is 0. The number of ether oxygens (including phenoxy) is 2. The zero-order valence-corrected chi connectivity index (χ0v) is 17.7. The third-order valence-electron chi connectivity index (χ3n) is 5.96. The Morgan fingerprint density at radius 1 is 0.900 bits per heavy atom. The number of hydrogen-bond donors (Lipinski definition) is 2. The fraction of sp³-hybridized carbons (Fsp3) is 0.200. The van der Waals surface area contributed by atoms with Crippen molar-refractivity contribution in [2.75, 3.05) is 20.8 Å². The van der Waals surface area contributed by atoms with Crippen molar-refractivity contribution in [3.8, 4) is 11.5 Å². The van der Waals surface area contributed by atoms with E-state index in [1.165, 1.54) is 16.6 Å². The topological polar surface area (TPSA) is 46.3 Å². The Bertz CT molecular complexity index is 1220. The summed E-state index contributed by atoms with van der Waals surface area (Å²) in [4.78, 5) is 3.67. The predicted octanol–water partition coefficient (Wildman–Crippen LogP) is 5.66. The number of rotatable bonds is 4. The first-order valence-electron chi connectivity index (χ1n) is 10.0. The molecule has 0 aliphatic carbocycles. The van der Waals surface area contributed by atoms with Gasteiger partial charge in [0.1, 0.15) is 0 Å². The van der Waals surface area contributed by atoms with Crippen LogP contribution in [0.4, 0.5) is 0 Å². The molecule has 0 unspecified atom stereocenters. The van der Waals surface area contributed by atoms with Crippen molar-refractivity contribution in [1.82, 2.24) is 10.3 Å². The van der Waals surface area contributed by atoms with Crippen LogP contribution in [0.25, 0.3) is 10.9 Å². The zero-order chi connectivity index (χ0) is 20.7. The number of aromatic nitrogens is 1. The maximum atomic E-state index is 6.60. The monoisotopic (exact) mass is 418 g/mol. The molecule has 0 radical (unpaired) electrons. The highest BCUT2D eigenvalue weighted by Crippen LogP contribution is 2.44. The van der Waals surface area contributed by atoms with E-state index >= 15 is 0 Å². The smallest absolute Gasteiger partial charge is 0.161 e. The van der Waals surface area contributed by atoms with Gasteiger partial charge in [-0.1, -0.05) is 54.1 Å². The predicted molar refractivity (Wildman–Crippen MR) is 121 cm³/mol. The van der Waals surface area contributed by atoms with Gasteiger partial charge in [-0.25, -0.2) is 0 Å². The second kappa shape index (κ2) is 7.71. The van der Waals surface area contributed by atoms with Crippen molar-refractivity contribution in [3.63, 3.8) is 0 Å². The maximum absolute atomic E-state index is 6.60. The van der Waals surface area contributed by atoms with E-state index in [0.29, 0.717) is 0 Å². The summed E-state index contributed by atoms with van der Waals surface area (Å²) in [6.45, 7) is 0.789. The molecule has 1 aromatic heterocycles. The molecule has 1 aliphatic rings. The Kier molecular flexibility index (Phi) is 4.89. The molecule has 2 N–H and O–H groups in total. The second-order valence-electron chi connectivity index (χ2n) is 7.53. The van der Waals surface area contributed by atoms with Crippen LogP contribution in [-0.2, 0) is 0 Å². The van der Waals surface area contributed by atoms with E-state index in [4.69, 9.17) is 21.1 Å². The van der Waals surface area contributed by atoms with Gasteiger partial charge in [-0.2, -0.15) is 0 Å². The fourth-order valence-electron chi connectivity index (χ4n) is 4.57. The molecule has 2 heterocycles. The molecule has 0 amide bonds. The van der Waals surface area contributed by atoms with Gasteiger partial charge in [-0.15, -0.1) is 0 Å². The van der Waals surface area contributed by atoms with Gasteiger partial charge in [0.05, 0.1) is 20.3 Å². The summed E-state index contributed by atoms with van der Waals surface area (Å²) >= 11 is 6.60. The van der Waals surface area contributed by atoms with E-state index in [2.05, 4.69) is 52.8 Å². The molecule has 4 aromatic rings. The third kappa shape index (κ3) is 3.04. The minimum Gasteiger partial charge on any atom is -0.493 e. The molecule has 0 saturated heterocycles. The molecule has 0 fully saturated rings. The van der Waals surface area contributed by atoms with E-state index in [9.17, 15) is 0 Å². The average molecular weight is 419 g/mol. The summed E-state index contributed by atoms with van der Waals surface area (Å²) in [5.74, 6) is 1.62. The number of aromatic amines is 1. The number of methoxy groups -OCH3 is 2. The van der Waals surface area contributed by atoms with Gasteiger partial charge in [0.15, 0.2) is 11.5 Å². The van der Waals surface area contributed by atoms with Crippen LogP contribution >= 0.6 is 11.6 Å². The van der Waals surface area contributed by atoms with Crippen molar-refractivity contribution >= 4 is 22.5 Å². The van der Waals surface area contributed by atoms with Gasteiger partial charge in [-0.05, 0) is 41.0 Å². The summed E-state index contributed by atoms with van der Waals surface area (Å²) in [7, 11) is 3.32. The van der Waals surface area contributed by atoms with E-state index in [-0.39, 0.29) is 12.0 Å². The lowest BCUT2D eigenvalue weighted by Crippen LogP contribution is -2.34. The molecule has 5 heteroatoms. The summed E-state index contributed by atoms with van der Waals surface area (Å²) in [6, 6.07) is 22.7. The summed E-state index contributed by atoms with van der Waals surface area (Å²) in [5, 5.41) is 5.77. The number of H-pyrrole nitrogens is 1. The Balaban J connectivity index is 1.68. The lowest BCUT2D eigenvalue weighted by atomic mass is 9.83. The molecule has 152 valence electrons. The molecular formula is C25H23ClN2O2. The van der Waals surface area contributed by atoms with Gasteiger partial charge >= 0.3 is 0 Å². The fourth-order valence-corrected chi connectivity index (χ4v) is 4.83. The molecule has 0 spiro atoms. The van der Waals surface area contributed by atoms with Crippen molar-refractivity contribution in [3.05, 3.63) is 94.1 Å². The van der Waals surface area contributed by atoms with E-state index in [1.54, 1.807) is 14.2 Å². The van der Waals surface area contributed by atoms with Crippen LogP contribution in [0.1, 0.15) is 34.3 Å². The minimum atomic E-state index is 0.0194. The third-order valence-corrected chi connectivity index (χ3v) is 6.31. The Labute approximate surface area is 180 Å². The second-order valence-corrected chi connectivity index (χ2v) is 7.93. The Hall–Kier alpha value is -2.95. The van der Waals surface area contributed by atoms with E-state index in [0.717, 1.165) is 39.7 Å². The standard InChI is InChI=1S/C25H23ClN2O2/c1-29-21-12-11-15(13-22(21)30-2)24-25-23(17-8-4-6-10-20(17)28-25)18(14-27-24)16-7-3-5-9-19(16)26/h3-13,18,24,27-28H,14H2,1-2H3/t18-,24-/m0/s1. The van der Waals surface area contributed by atoms with Gasteiger partial charge in [0.25, 0.3) is 0 Å². The SMILES string of the molecule is COc1ccc([C@@H]2NC[C@@H](c3ccccc3Cl)c3c2[nH]c2ccccc32)cc1OC. The van der Waals surface area contributed by atoms with Crippen LogP contribution in [0.5, 0.6) is 11.5 Å². The number of benzene rings is 3. The van der Waals surface area contributed by atoms with Gasteiger partial charge in [-0.3, -0.25) is 0 Å². The molecule has 30 heavy (non-hydrogen) atoms. The van der Waals surface area contributed by atoms with E-state index in [1.807, 2.05) is 24.3 Å². The molecule has 3 aromatic carbocycles. The summed E-state index contributed by atoms with van der Waals surface area (Å²) < 4.78 is 11.0. The quantitative estimate of drug-likeness (QED) is 0.449. The van der Waals surface area contributed by atoms with Crippen LogP contribution < -0.4 is 14.8 Å². The first-order valence-corrected chi connectivity index (χ1v) is 10.4. The van der Waals surface area contributed by atoms with Crippen molar-refractivity contribution in [1.29, 1.82) is 0 Å². The van der Waals surface area contributed by atoms with Gasteiger partial charge < -0.3 is 19.8 Å². The van der Waals surface area contributed by atoms with Crippen LogP contribution in [-0.4, -0.2) is 25.7 Å². The zero-order valence-electron chi connectivity index (χ0n) is 16.9. The minimum absolute atomic E-state index is 0.0194. The first kappa shape index (κ1) is 19.0. The molecule has 5 rings (SSSR count). The van der Waals surface area contributed by atoms with E-state index < -0.39 is 0 Å². The molecule has 0 bridgehead atoms. The molecule has 2 atom stereocenters. The number of fused-ring (bicyclic) bond motifs is 3. The highest BCUT2D eigenvalue weighted by Gasteiger charge is 2.33. The average Bonchev–Trinajstić information content (AvgIpc) is 3.18.